The smallest absolute Gasteiger partial charge is 0.173 e. The summed E-state index contributed by atoms with van der Waals surface area (Å²) in [6.07, 6.45) is 0. The van der Waals surface area contributed by atoms with E-state index in [1.165, 1.54) is 6.07 Å². The molecule has 1 rings (SSSR count). The number of benzene rings is 1. The van der Waals surface area contributed by atoms with Gasteiger partial charge in [0.1, 0.15) is 0 Å². The minimum atomic E-state index is -0.604. The number of halogens is 2. The van der Waals surface area contributed by atoms with E-state index in [2.05, 4.69) is 31.9 Å². The average Bonchev–Trinajstić information content (AvgIpc) is 2.19. The number of rotatable bonds is 2. The summed E-state index contributed by atoms with van der Waals surface area (Å²) in [6, 6.07) is 0.706. The number of hydrogen-bond acceptors (Lipinski definition) is 4. The van der Waals surface area contributed by atoms with Crippen molar-refractivity contribution in [1.82, 2.24) is 0 Å². The lowest BCUT2D eigenvalue weighted by molar-refractivity contribution is 0.267. The SMILES string of the molecule is N[C@@H](CO)c1cc(O)c(O)c(Br)c1Br. The molecule has 0 unspecified atom stereocenters. The lowest BCUT2D eigenvalue weighted by Crippen LogP contribution is -2.15. The first kappa shape index (κ1) is 11.8. The number of hydrogen-bond donors (Lipinski definition) is 4. The van der Waals surface area contributed by atoms with Gasteiger partial charge in [0.15, 0.2) is 11.5 Å². The van der Waals surface area contributed by atoms with Crippen LogP contribution in [0.25, 0.3) is 0 Å². The first-order valence-electron chi connectivity index (χ1n) is 3.75. The molecule has 1 aromatic rings. The van der Waals surface area contributed by atoms with E-state index >= 15 is 0 Å². The Morgan fingerprint density at radius 2 is 1.86 bits per heavy atom. The zero-order chi connectivity index (χ0) is 10.9. The van der Waals surface area contributed by atoms with Crippen LogP contribution in [-0.2, 0) is 0 Å². The Bertz CT molecular complexity index is 357. The van der Waals surface area contributed by atoms with Gasteiger partial charge in [-0.05, 0) is 43.5 Å². The highest BCUT2D eigenvalue weighted by molar-refractivity contribution is 9.13. The number of phenols is 2. The van der Waals surface area contributed by atoms with Gasteiger partial charge in [-0.2, -0.15) is 0 Å². The molecule has 0 aliphatic carbocycles. The topological polar surface area (TPSA) is 86.7 Å². The van der Waals surface area contributed by atoms with Gasteiger partial charge in [0.2, 0.25) is 0 Å². The van der Waals surface area contributed by atoms with E-state index in [1.807, 2.05) is 0 Å². The van der Waals surface area contributed by atoms with Crippen LogP contribution in [0, 0.1) is 0 Å². The van der Waals surface area contributed by atoms with Crippen molar-refractivity contribution in [2.24, 2.45) is 5.73 Å². The Hall–Kier alpha value is -0.300. The summed E-state index contributed by atoms with van der Waals surface area (Å²) in [7, 11) is 0. The number of aliphatic hydroxyl groups excluding tert-OH is 1. The Balaban J connectivity index is 3.33. The minimum Gasteiger partial charge on any atom is -0.504 e. The van der Waals surface area contributed by atoms with Gasteiger partial charge < -0.3 is 21.1 Å². The van der Waals surface area contributed by atoms with Gasteiger partial charge >= 0.3 is 0 Å². The fraction of sp³-hybridized carbons (Fsp3) is 0.250. The van der Waals surface area contributed by atoms with Gasteiger partial charge in [-0.1, -0.05) is 0 Å². The zero-order valence-corrected chi connectivity index (χ0v) is 10.2. The quantitative estimate of drug-likeness (QED) is 0.622. The molecule has 0 amide bonds. The first-order chi connectivity index (χ1) is 6.49. The van der Waals surface area contributed by atoms with Crippen LogP contribution < -0.4 is 5.73 Å². The maximum absolute atomic E-state index is 9.34. The third-order valence-electron chi connectivity index (χ3n) is 1.79. The fourth-order valence-corrected chi connectivity index (χ4v) is 2.02. The van der Waals surface area contributed by atoms with Crippen molar-refractivity contribution in [2.45, 2.75) is 6.04 Å². The summed E-state index contributed by atoms with van der Waals surface area (Å²) >= 11 is 6.28. The number of nitrogens with two attached hydrogens (primary N) is 1. The van der Waals surface area contributed by atoms with Gasteiger partial charge in [-0.25, -0.2) is 0 Å². The lowest BCUT2D eigenvalue weighted by atomic mass is 10.1. The summed E-state index contributed by atoms with van der Waals surface area (Å²) in [5.41, 5.74) is 6.11. The third-order valence-corrected chi connectivity index (χ3v) is 3.94. The van der Waals surface area contributed by atoms with E-state index in [0.717, 1.165) is 0 Å². The van der Waals surface area contributed by atoms with Crippen molar-refractivity contribution in [3.8, 4) is 11.5 Å². The molecule has 0 spiro atoms. The van der Waals surface area contributed by atoms with Crippen LogP contribution in [0.3, 0.4) is 0 Å². The van der Waals surface area contributed by atoms with Gasteiger partial charge in [-0.3, -0.25) is 0 Å². The normalized spacial score (nSPS) is 12.9. The summed E-state index contributed by atoms with van der Waals surface area (Å²) < 4.78 is 0.839. The van der Waals surface area contributed by atoms with Crippen LogP contribution >= 0.6 is 31.9 Å². The second-order valence-corrected chi connectivity index (χ2v) is 4.34. The second-order valence-electron chi connectivity index (χ2n) is 2.75. The van der Waals surface area contributed by atoms with Gasteiger partial charge in [0.05, 0.1) is 17.1 Å². The first-order valence-corrected chi connectivity index (χ1v) is 5.34. The standard InChI is InChI=1S/C8H9Br2NO3/c9-6-3(4(11)2-12)1-5(13)8(14)7(6)10/h1,4,12-14H,2,11H2/t4-/m0/s1. The van der Waals surface area contributed by atoms with Crippen LogP contribution in [-0.4, -0.2) is 21.9 Å². The van der Waals surface area contributed by atoms with Crippen LogP contribution in [0.5, 0.6) is 11.5 Å². The van der Waals surface area contributed by atoms with E-state index in [9.17, 15) is 10.2 Å². The van der Waals surface area contributed by atoms with Crippen molar-refractivity contribution in [2.75, 3.05) is 6.61 Å². The van der Waals surface area contributed by atoms with E-state index in [1.54, 1.807) is 0 Å². The Kier molecular flexibility index (Phi) is 3.77. The van der Waals surface area contributed by atoms with Crippen molar-refractivity contribution in [3.05, 3.63) is 20.6 Å². The predicted octanol–water partition coefficient (Wildman–Crippen LogP) is 1.61. The molecule has 5 N–H and O–H groups in total. The molecule has 6 heteroatoms. The largest absolute Gasteiger partial charge is 0.504 e. The molecule has 0 saturated carbocycles. The molecule has 0 aliphatic rings. The van der Waals surface area contributed by atoms with E-state index < -0.39 is 6.04 Å². The predicted molar refractivity (Wildman–Crippen MR) is 59.2 cm³/mol. The number of aromatic hydroxyl groups is 2. The lowest BCUT2D eigenvalue weighted by Gasteiger charge is -2.13. The van der Waals surface area contributed by atoms with Crippen LogP contribution in [0.2, 0.25) is 0 Å². The molecule has 0 aliphatic heterocycles. The summed E-state index contributed by atoms with van der Waals surface area (Å²) in [5.74, 6) is -0.537. The van der Waals surface area contributed by atoms with E-state index in [4.69, 9.17) is 10.8 Å². The van der Waals surface area contributed by atoms with Crippen molar-refractivity contribution >= 4 is 31.9 Å². The van der Waals surface area contributed by atoms with Gasteiger partial charge in [-0.15, -0.1) is 0 Å². The molecule has 4 nitrogen and oxygen atoms in total. The highest BCUT2D eigenvalue weighted by Gasteiger charge is 2.17. The summed E-state index contributed by atoms with van der Waals surface area (Å²) in [6.45, 7) is -0.241. The molecule has 0 bridgehead atoms. The highest BCUT2D eigenvalue weighted by atomic mass is 79.9. The summed E-state index contributed by atoms with van der Waals surface area (Å²) in [5, 5.41) is 27.5. The molecule has 0 saturated heterocycles. The van der Waals surface area contributed by atoms with E-state index in [0.29, 0.717) is 14.5 Å². The molecule has 0 fully saturated rings. The number of phenolic OH excluding ortho intramolecular Hbond substituents is 2. The van der Waals surface area contributed by atoms with E-state index in [-0.39, 0.29) is 18.1 Å². The minimum absolute atomic E-state index is 0.241. The molecule has 0 heterocycles. The number of aliphatic hydroxyl groups is 1. The molecule has 1 aromatic carbocycles. The Morgan fingerprint density at radius 3 is 2.36 bits per heavy atom. The van der Waals surface area contributed by atoms with Crippen LogP contribution in [0.4, 0.5) is 0 Å². The molecule has 1 atom stereocenters. The van der Waals surface area contributed by atoms with Crippen molar-refractivity contribution < 1.29 is 15.3 Å². The average molecular weight is 327 g/mol. The monoisotopic (exact) mass is 325 g/mol. The highest BCUT2D eigenvalue weighted by Crippen LogP contribution is 2.42. The molecule has 78 valence electrons. The molecule has 14 heavy (non-hydrogen) atoms. The zero-order valence-electron chi connectivity index (χ0n) is 7.04. The maximum atomic E-state index is 9.34. The van der Waals surface area contributed by atoms with Crippen LogP contribution in [0.15, 0.2) is 15.0 Å². The van der Waals surface area contributed by atoms with Crippen molar-refractivity contribution in [3.63, 3.8) is 0 Å². The Morgan fingerprint density at radius 1 is 1.29 bits per heavy atom. The Labute approximate surface area is 97.6 Å². The fourth-order valence-electron chi connectivity index (χ4n) is 0.990. The second kappa shape index (κ2) is 4.48. The summed E-state index contributed by atoms with van der Waals surface area (Å²) in [4.78, 5) is 0. The molecular weight excluding hydrogens is 318 g/mol. The molecular formula is C8H9Br2NO3. The van der Waals surface area contributed by atoms with Gasteiger partial charge in [0.25, 0.3) is 0 Å². The molecule has 0 aromatic heterocycles. The third kappa shape index (κ3) is 2.03. The van der Waals surface area contributed by atoms with Gasteiger partial charge in [0, 0.05) is 4.47 Å². The molecule has 0 radical (unpaired) electrons. The van der Waals surface area contributed by atoms with Crippen molar-refractivity contribution in [1.29, 1.82) is 0 Å². The van der Waals surface area contributed by atoms with Crippen LogP contribution in [0.1, 0.15) is 11.6 Å². The maximum Gasteiger partial charge on any atom is 0.173 e.